The van der Waals surface area contributed by atoms with E-state index >= 15 is 0 Å². The number of anilines is 1. The lowest BCUT2D eigenvalue weighted by Crippen LogP contribution is -2.25. The van der Waals surface area contributed by atoms with Gasteiger partial charge in [-0.05, 0) is 68.7 Å². The maximum Gasteiger partial charge on any atom is 0.251 e. The zero-order valence-corrected chi connectivity index (χ0v) is 19.9. The number of imidazole rings is 1. The minimum atomic E-state index is -0.0918. The van der Waals surface area contributed by atoms with E-state index in [0.717, 1.165) is 45.7 Å². The number of nitrogens with zero attached hydrogens (tertiary/aromatic N) is 2. The van der Waals surface area contributed by atoms with E-state index in [4.69, 9.17) is 4.98 Å². The van der Waals surface area contributed by atoms with Crippen LogP contribution in [-0.2, 0) is 17.8 Å². The van der Waals surface area contributed by atoms with Crippen LogP contribution in [0, 0.1) is 20.8 Å². The van der Waals surface area contributed by atoms with Crippen molar-refractivity contribution in [3.8, 4) is 0 Å². The Morgan fingerprint density at radius 3 is 2.53 bits per heavy atom. The molecule has 4 rings (SSSR count). The molecule has 0 fully saturated rings. The lowest BCUT2D eigenvalue weighted by Gasteiger charge is -2.12. The molecule has 0 saturated carbocycles. The van der Waals surface area contributed by atoms with E-state index in [1.54, 1.807) is 0 Å². The van der Waals surface area contributed by atoms with Gasteiger partial charge in [-0.2, -0.15) is 0 Å². The van der Waals surface area contributed by atoms with Crippen molar-refractivity contribution in [3.63, 3.8) is 0 Å². The number of fused-ring (bicyclic) bond motifs is 1. The fourth-order valence-corrected chi connectivity index (χ4v) is 4.03. The standard InChI is InChI=1S/C28H30N4O2/c1-19-8-6-9-22(16-19)28(34)29-15-7-12-26-30-23-10-4-5-11-25(23)32(26)18-27(33)31-24-17-20(2)13-14-21(24)3/h4-6,8-11,13-14,16-17H,7,12,15,18H2,1-3H3,(H,29,34)(H,31,33). The maximum absolute atomic E-state index is 12.9. The van der Waals surface area contributed by atoms with Crippen molar-refractivity contribution in [2.24, 2.45) is 0 Å². The van der Waals surface area contributed by atoms with E-state index in [0.29, 0.717) is 18.5 Å². The lowest BCUT2D eigenvalue weighted by atomic mass is 10.1. The molecule has 0 aliphatic rings. The molecular weight excluding hydrogens is 424 g/mol. The van der Waals surface area contributed by atoms with Crippen molar-refractivity contribution in [1.82, 2.24) is 14.9 Å². The number of aryl methyl sites for hydroxylation is 4. The predicted molar refractivity (Wildman–Crippen MR) is 136 cm³/mol. The van der Waals surface area contributed by atoms with Crippen LogP contribution in [0.3, 0.4) is 0 Å². The second kappa shape index (κ2) is 10.3. The van der Waals surface area contributed by atoms with Gasteiger partial charge in [-0.1, -0.05) is 42.0 Å². The summed E-state index contributed by atoms with van der Waals surface area (Å²) in [5.41, 5.74) is 6.46. The van der Waals surface area contributed by atoms with Crippen molar-refractivity contribution in [3.05, 3.63) is 94.8 Å². The van der Waals surface area contributed by atoms with Gasteiger partial charge < -0.3 is 15.2 Å². The Morgan fingerprint density at radius 1 is 0.912 bits per heavy atom. The van der Waals surface area contributed by atoms with Crippen molar-refractivity contribution in [2.75, 3.05) is 11.9 Å². The molecule has 1 heterocycles. The molecule has 2 amide bonds. The van der Waals surface area contributed by atoms with Crippen LogP contribution in [0.4, 0.5) is 5.69 Å². The summed E-state index contributed by atoms with van der Waals surface area (Å²) in [5, 5.41) is 6.02. The average molecular weight is 455 g/mol. The van der Waals surface area contributed by atoms with Crippen LogP contribution in [0.25, 0.3) is 11.0 Å². The summed E-state index contributed by atoms with van der Waals surface area (Å²) >= 11 is 0. The molecule has 0 unspecified atom stereocenters. The number of aromatic nitrogens is 2. The first-order valence-corrected chi connectivity index (χ1v) is 11.6. The van der Waals surface area contributed by atoms with Crippen molar-refractivity contribution >= 4 is 28.5 Å². The Morgan fingerprint density at radius 2 is 1.71 bits per heavy atom. The molecule has 0 aliphatic heterocycles. The molecule has 0 spiro atoms. The first-order valence-electron chi connectivity index (χ1n) is 11.6. The smallest absolute Gasteiger partial charge is 0.251 e. The summed E-state index contributed by atoms with van der Waals surface area (Å²) in [6.45, 7) is 6.67. The number of carbonyl (C=O) groups is 2. The van der Waals surface area contributed by atoms with E-state index in [9.17, 15) is 9.59 Å². The van der Waals surface area contributed by atoms with Crippen LogP contribution in [0.1, 0.15) is 39.3 Å². The van der Waals surface area contributed by atoms with Gasteiger partial charge in [-0.3, -0.25) is 9.59 Å². The first kappa shape index (κ1) is 23.2. The van der Waals surface area contributed by atoms with Crippen molar-refractivity contribution in [1.29, 1.82) is 0 Å². The van der Waals surface area contributed by atoms with Crippen LogP contribution in [0.5, 0.6) is 0 Å². The van der Waals surface area contributed by atoms with E-state index in [1.165, 1.54) is 0 Å². The highest BCUT2D eigenvalue weighted by molar-refractivity contribution is 5.94. The van der Waals surface area contributed by atoms with Crippen LogP contribution >= 0.6 is 0 Å². The topological polar surface area (TPSA) is 76.0 Å². The molecule has 4 aromatic rings. The highest BCUT2D eigenvalue weighted by Gasteiger charge is 2.14. The molecule has 1 aromatic heterocycles. The van der Waals surface area contributed by atoms with E-state index in [2.05, 4.69) is 10.6 Å². The van der Waals surface area contributed by atoms with Crippen molar-refractivity contribution < 1.29 is 9.59 Å². The van der Waals surface area contributed by atoms with Gasteiger partial charge in [0, 0.05) is 24.2 Å². The Balaban J connectivity index is 1.43. The summed E-state index contributed by atoms with van der Waals surface area (Å²) in [5.74, 6) is 0.665. The van der Waals surface area contributed by atoms with Crippen LogP contribution < -0.4 is 10.6 Å². The molecule has 6 nitrogen and oxygen atoms in total. The van der Waals surface area contributed by atoms with Gasteiger partial charge in [0.25, 0.3) is 5.91 Å². The predicted octanol–water partition coefficient (Wildman–Crippen LogP) is 4.96. The fraction of sp³-hybridized carbons (Fsp3) is 0.250. The molecular formula is C28H30N4O2. The van der Waals surface area contributed by atoms with Crippen molar-refractivity contribution in [2.45, 2.75) is 40.2 Å². The Hall–Kier alpha value is -3.93. The summed E-state index contributed by atoms with van der Waals surface area (Å²) < 4.78 is 1.97. The Bertz CT molecular complexity index is 1340. The molecule has 0 saturated heterocycles. The number of amides is 2. The number of benzene rings is 3. The zero-order chi connectivity index (χ0) is 24.1. The second-order valence-corrected chi connectivity index (χ2v) is 8.70. The van der Waals surface area contributed by atoms with Gasteiger partial charge in [-0.25, -0.2) is 4.98 Å². The molecule has 34 heavy (non-hydrogen) atoms. The van der Waals surface area contributed by atoms with Crippen LogP contribution in [-0.4, -0.2) is 27.9 Å². The largest absolute Gasteiger partial charge is 0.352 e. The Kier molecular flexibility index (Phi) is 7.07. The summed E-state index contributed by atoms with van der Waals surface area (Å²) in [7, 11) is 0. The number of para-hydroxylation sites is 2. The fourth-order valence-electron chi connectivity index (χ4n) is 4.03. The normalized spacial score (nSPS) is 10.9. The number of hydrogen-bond donors (Lipinski definition) is 2. The van der Waals surface area contributed by atoms with Gasteiger partial charge in [0.2, 0.25) is 5.91 Å². The summed E-state index contributed by atoms with van der Waals surface area (Å²) in [6.07, 6.45) is 1.37. The SMILES string of the molecule is Cc1cccc(C(=O)NCCCc2nc3ccccc3n2CC(=O)Nc2cc(C)ccc2C)c1. The molecule has 3 aromatic carbocycles. The van der Waals surface area contributed by atoms with E-state index in [-0.39, 0.29) is 18.4 Å². The summed E-state index contributed by atoms with van der Waals surface area (Å²) in [4.78, 5) is 30.1. The van der Waals surface area contributed by atoms with Gasteiger partial charge >= 0.3 is 0 Å². The van der Waals surface area contributed by atoms with E-state index in [1.807, 2.05) is 92.1 Å². The lowest BCUT2D eigenvalue weighted by molar-refractivity contribution is -0.116. The molecule has 6 heteroatoms. The molecule has 174 valence electrons. The molecule has 0 bridgehead atoms. The highest BCUT2D eigenvalue weighted by Crippen LogP contribution is 2.19. The zero-order valence-electron chi connectivity index (χ0n) is 19.9. The van der Waals surface area contributed by atoms with Gasteiger partial charge in [0.1, 0.15) is 12.4 Å². The van der Waals surface area contributed by atoms with Gasteiger partial charge in [0.05, 0.1) is 11.0 Å². The quantitative estimate of drug-likeness (QED) is 0.369. The first-order chi connectivity index (χ1) is 16.4. The molecule has 2 N–H and O–H groups in total. The third kappa shape index (κ3) is 5.52. The molecule has 0 aliphatic carbocycles. The van der Waals surface area contributed by atoms with Crippen LogP contribution in [0.2, 0.25) is 0 Å². The number of carbonyl (C=O) groups excluding carboxylic acids is 2. The maximum atomic E-state index is 12.9. The minimum Gasteiger partial charge on any atom is -0.352 e. The van der Waals surface area contributed by atoms with Crippen LogP contribution in [0.15, 0.2) is 66.7 Å². The third-order valence-electron chi connectivity index (χ3n) is 5.85. The van der Waals surface area contributed by atoms with Gasteiger partial charge in [0.15, 0.2) is 0 Å². The average Bonchev–Trinajstić information content (AvgIpc) is 3.16. The monoisotopic (exact) mass is 454 g/mol. The minimum absolute atomic E-state index is 0.0786. The Labute approximate surface area is 200 Å². The third-order valence-corrected chi connectivity index (χ3v) is 5.85. The molecule has 0 radical (unpaired) electrons. The summed E-state index contributed by atoms with van der Waals surface area (Å²) in [6, 6.07) is 21.4. The number of rotatable bonds is 8. The highest BCUT2D eigenvalue weighted by atomic mass is 16.2. The number of hydrogen-bond acceptors (Lipinski definition) is 3. The molecule has 0 atom stereocenters. The van der Waals surface area contributed by atoms with Gasteiger partial charge in [-0.15, -0.1) is 0 Å². The number of nitrogens with one attached hydrogen (secondary N) is 2. The second-order valence-electron chi connectivity index (χ2n) is 8.70. The van der Waals surface area contributed by atoms with E-state index < -0.39 is 0 Å².